The highest BCUT2D eigenvalue weighted by Crippen LogP contribution is 2.31. The average Bonchev–Trinajstić information content (AvgIpc) is 3.09. The van der Waals surface area contributed by atoms with E-state index in [0.29, 0.717) is 5.56 Å². The normalized spacial score (nSPS) is 16.4. The lowest BCUT2D eigenvalue weighted by atomic mass is 10.1. The number of benzene rings is 2. The van der Waals surface area contributed by atoms with E-state index in [1.165, 1.54) is 42.3 Å². The molecule has 3 rings (SSSR count). The fourth-order valence-corrected chi connectivity index (χ4v) is 3.43. The largest absolute Gasteiger partial charge is 0.465 e. The van der Waals surface area contributed by atoms with E-state index in [0.717, 1.165) is 12.1 Å². The van der Waals surface area contributed by atoms with E-state index in [1.54, 1.807) is 0 Å². The molecule has 0 aromatic heterocycles. The summed E-state index contributed by atoms with van der Waals surface area (Å²) < 4.78 is 43.3. The first-order chi connectivity index (χ1) is 14.6. The number of amides is 2. The van der Waals surface area contributed by atoms with Crippen LogP contribution in [0.4, 0.5) is 18.9 Å². The lowest BCUT2D eigenvalue weighted by Crippen LogP contribution is -2.28. The Kier molecular flexibility index (Phi) is 6.54. The fraction of sp³-hybridized carbons (Fsp3) is 0.286. The van der Waals surface area contributed by atoms with Crippen LogP contribution in [-0.2, 0) is 27.0 Å². The minimum absolute atomic E-state index is 0.0366. The first-order valence-corrected chi connectivity index (χ1v) is 9.59. The molecule has 0 aliphatic carbocycles. The van der Waals surface area contributed by atoms with Crippen LogP contribution in [0.15, 0.2) is 42.5 Å². The van der Waals surface area contributed by atoms with E-state index < -0.39 is 29.5 Å². The van der Waals surface area contributed by atoms with Gasteiger partial charge in [-0.3, -0.25) is 9.59 Å². The topological polar surface area (TPSA) is 75.7 Å². The molecule has 1 fully saturated rings. The Morgan fingerprint density at radius 3 is 2.65 bits per heavy atom. The van der Waals surface area contributed by atoms with E-state index >= 15 is 0 Å². The molecular formula is C21H18ClF3N2O4. The van der Waals surface area contributed by atoms with Gasteiger partial charge in [-0.15, -0.1) is 0 Å². The Balaban J connectivity index is 1.68. The predicted octanol–water partition coefficient (Wildman–Crippen LogP) is 4.13. The first kappa shape index (κ1) is 22.6. The number of rotatable bonds is 5. The summed E-state index contributed by atoms with van der Waals surface area (Å²) >= 11 is 6.08. The summed E-state index contributed by atoms with van der Waals surface area (Å²) in [6, 6.07) is 8.95. The number of hydrogen-bond acceptors (Lipinski definition) is 4. The molecule has 0 radical (unpaired) electrons. The van der Waals surface area contributed by atoms with Crippen LogP contribution in [0.25, 0.3) is 0 Å². The van der Waals surface area contributed by atoms with E-state index in [9.17, 15) is 27.6 Å². The van der Waals surface area contributed by atoms with Gasteiger partial charge in [0.15, 0.2) is 0 Å². The summed E-state index contributed by atoms with van der Waals surface area (Å²) in [5, 5.41) is 2.80. The second kappa shape index (κ2) is 8.97. The van der Waals surface area contributed by atoms with E-state index in [4.69, 9.17) is 11.6 Å². The van der Waals surface area contributed by atoms with Gasteiger partial charge in [-0.2, -0.15) is 13.2 Å². The number of methoxy groups -OCH3 is 1. The van der Waals surface area contributed by atoms with Crippen LogP contribution in [0.2, 0.25) is 5.02 Å². The quantitative estimate of drug-likeness (QED) is 0.689. The number of alkyl halides is 3. The smallest absolute Gasteiger partial charge is 0.416 e. The molecule has 0 spiro atoms. The van der Waals surface area contributed by atoms with Crippen LogP contribution < -0.4 is 5.32 Å². The van der Waals surface area contributed by atoms with Crippen molar-refractivity contribution in [3.8, 4) is 0 Å². The SMILES string of the molecule is COC(=O)c1ccc(Cl)c(NC(=O)C2CC(=O)N(Cc3cccc(C(F)(F)F)c3)C2)c1. The minimum Gasteiger partial charge on any atom is -0.465 e. The zero-order chi connectivity index (χ0) is 22.8. The van der Waals surface area contributed by atoms with Gasteiger partial charge in [-0.25, -0.2) is 4.79 Å². The molecule has 2 aromatic carbocycles. The Morgan fingerprint density at radius 1 is 1.23 bits per heavy atom. The van der Waals surface area contributed by atoms with E-state index in [1.807, 2.05) is 0 Å². The second-order valence-electron chi connectivity index (χ2n) is 7.05. The van der Waals surface area contributed by atoms with Crippen molar-refractivity contribution in [2.45, 2.75) is 19.1 Å². The highest BCUT2D eigenvalue weighted by Gasteiger charge is 2.35. The van der Waals surface area contributed by atoms with Crippen LogP contribution in [-0.4, -0.2) is 36.3 Å². The number of halogens is 4. The van der Waals surface area contributed by atoms with Crippen molar-refractivity contribution in [1.29, 1.82) is 0 Å². The molecule has 1 atom stereocenters. The monoisotopic (exact) mass is 454 g/mol. The molecule has 1 saturated heterocycles. The molecule has 1 heterocycles. The van der Waals surface area contributed by atoms with Crippen LogP contribution in [0.1, 0.15) is 27.9 Å². The second-order valence-corrected chi connectivity index (χ2v) is 7.46. The summed E-state index contributed by atoms with van der Waals surface area (Å²) in [6.45, 7) is 0.0142. The van der Waals surface area contributed by atoms with Gasteiger partial charge in [0.25, 0.3) is 0 Å². The number of ether oxygens (including phenoxy) is 1. The first-order valence-electron chi connectivity index (χ1n) is 9.21. The van der Waals surface area contributed by atoms with Gasteiger partial charge >= 0.3 is 12.1 Å². The van der Waals surface area contributed by atoms with Gasteiger partial charge in [0.2, 0.25) is 11.8 Å². The summed E-state index contributed by atoms with van der Waals surface area (Å²) in [4.78, 5) is 38.0. The van der Waals surface area contributed by atoms with Crippen molar-refractivity contribution in [3.05, 3.63) is 64.2 Å². The molecule has 0 saturated carbocycles. The van der Waals surface area contributed by atoms with Crippen LogP contribution in [0.3, 0.4) is 0 Å². The third kappa shape index (κ3) is 5.35. The summed E-state index contributed by atoms with van der Waals surface area (Å²) in [5.74, 6) is -2.14. The Bertz CT molecular complexity index is 1030. The van der Waals surface area contributed by atoms with Gasteiger partial charge in [0, 0.05) is 19.5 Å². The van der Waals surface area contributed by atoms with Gasteiger partial charge in [0.05, 0.1) is 34.9 Å². The third-order valence-electron chi connectivity index (χ3n) is 4.86. The number of esters is 1. The Labute approximate surface area is 180 Å². The fourth-order valence-electron chi connectivity index (χ4n) is 3.27. The van der Waals surface area contributed by atoms with Crippen molar-refractivity contribution in [2.24, 2.45) is 5.92 Å². The van der Waals surface area contributed by atoms with Crippen molar-refractivity contribution in [1.82, 2.24) is 4.90 Å². The van der Waals surface area contributed by atoms with Gasteiger partial charge < -0.3 is 15.0 Å². The maximum atomic E-state index is 12.9. The van der Waals surface area contributed by atoms with Crippen molar-refractivity contribution >= 4 is 35.1 Å². The van der Waals surface area contributed by atoms with E-state index in [2.05, 4.69) is 10.1 Å². The van der Waals surface area contributed by atoms with Crippen molar-refractivity contribution < 1.29 is 32.3 Å². The zero-order valence-corrected chi connectivity index (χ0v) is 17.1. The predicted molar refractivity (Wildman–Crippen MR) is 106 cm³/mol. The molecule has 164 valence electrons. The molecule has 1 aliphatic heterocycles. The average molecular weight is 455 g/mol. The number of nitrogens with one attached hydrogen (secondary N) is 1. The van der Waals surface area contributed by atoms with Crippen LogP contribution in [0.5, 0.6) is 0 Å². The molecule has 6 nitrogen and oxygen atoms in total. The van der Waals surface area contributed by atoms with Crippen molar-refractivity contribution in [3.63, 3.8) is 0 Å². The minimum atomic E-state index is -4.48. The Morgan fingerprint density at radius 2 is 1.97 bits per heavy atom. The lowest BCUT2D eigenvalue weighted by Gasteiger charge is -2.18. The standard InChI is InChI=1S/C21H18ClF3N2O4/c1-31-20(30)13-5-6-16(22)17(8-13)26-19(29)14-9-18(28)27(11-14)10-12-3-2-4-15(7-12)21(23,24)25/h2-8,14H,9-11H2,1H3,(H,26,29). The van der Waals surface area contributed by atoms with E-state index in [-0.39, 0.29) is 41.7 Å². The number of nitrogens with zero attached hydrogens (tertiary/aromatic N) is 1. The highest BCUT2D eigenvalue weighted by atomic mass is 35.5. The third-order valence-corrected chi connectivity index (χ3v) is 5.19. The number of hydrogen-bond donors (Lipinski definition) is 1. The molecule has 0 bridgehead atoms. The van der Waals surface area contributed by atoms with Gasteiger partial charge in [-0.1, -0.05) is 23.7 Å². The maximum Gasteiger partial charge on any atom is 0.416 e. The Hall–Kier alpha value is -3.07. The summed E-state index contributed by atoms with van der Waals surface area (Å²) in [5.41, 5.74) is -0.0988. The molecule has 31 heavy (non-hydrogen) atoms. The number of likely N-dealkylation sites (tertiary alicyclic amines) is 1. The zero-order valence-electron chi connectivity index (χ0n) is 16.3. The molecule has 2 aromatic rings. The van der Waals surface area contributed by atoms with Gasteiger partial charge in [-0.05, 0) is 35.9 Å². The molecule has 1 unspecified atom stereocenters. The molecular weight excluding hydrogens is 437 g/mol. The highest BCUT2D eigenvalue weighted by molar-refractivity contribution is 6.34. The summed E-state index contributed by atoms with van der Waals surface area (Å²) in [6.07, 6.45) is -4.56. The molecule has 1 aliphatic rings. The molecule has 10 heteroatoms. The lowest BCUT2D eigenvalue weighted by molar-refractivity contribution is -0.137. The maximum absolute atomic E-state index is 12.9. The van der Waals surface area contributed by atoms with Crippen molar-refractivity contribution in [2.75, 3.05) is 19.0 Å². The molecule has 2 amide bonds. The van der Waals surface area contributed by atoms with Gasteiger partial charge in [0.1, 0.15) is 0 Å². The number of carbonyl (C=O) groups excluding carboxylic acids is 3. The molecule has 1 N–H and O–H groups in total. The van der Waals surface area contributed by atoms with Crippen LogP contribution >= 0.6 is 11.6 Å². The van der Waals surface area contributed by atoms with Crippen LogP contribution in [0, 0.1) is 5.92 Å². The summed E-state index contributed by atoms with van der Waals surface area (Å²) in [7, 11) is 1.22. The number of carbonyl (C=O) groups is 3. The number of anilines is 1.